The molecule has 0 bridgehead atoms. The lowest BCUT2D eigenvalue weighted by Crippen LogP contribution is -2.49. The van der Waals surface area contributed by atoms with E-state index in [-0.39, 0.29) is 23.6 Å². The molecule has 1 atom stereocenters. The van der Waals surface area contributed by atoms with Crippen LogP contribution in [0.5, 0.6) is 5.75 Å². The fourth-order valence-corrected chi connectivity index (χ4v) is 5.08. The molecule has 0 saturated carbocycles. The van der Waals surface area contributed by atoms with Crippen molar-refractivity contribution >= 4 is 40.3 Å². The van der Waals surface area contributed by atoms with Gasteiger partial charge in [0, 0.05) is 19.4 Å². The molecule has 0 radical (unpaired) electrons. The first kappa shape index (κ1) is 20.9. The van der Waals surface area contributed by atoms with Crippen LogP contribution >= 0.6 is 11.8 Å². The summed E-state index contributed by atoms with van der Waals surface area (Å²) in [6.07, 6.45) is 0. The summed E-state index contributed by atoms with van der Waals surface area (Å²) < 4.78 is 5.89. The van der Waals surface area contributed by atoms with Gasteiger partial charge in [-0.1, -0.05) is 36.4 Å². The van der Waals surface area contributed by atoms with E-state index in [2.05, 4.69) is 10.4 Å². The molecule has 4 rings (SSSR count). The van der Waals surface area contributed by atoms with E-state index < -0.39 is 10.8 Å². The van der Waals surface area contributed by atoms with Gasteiger partial charge in [-0.25, -0.2) is 0 Å². The lowest BCUT2D eigenvalue weighted by molar-refractivity contribution is -0.139. The van der Waals surface area contributed by atoms with E-state index in [9.17, 15) is 14.4 Å². The Morgan fingerprint density at radius 2 is 1.84 bits per heavy atom. The van der Waals surface area contributed by atoms with Crippen LogP contribution in [-0.2, 0) is 19.3 Å². The normalized spacial score (nSPS) is 19.5. The third kappa shape index (κ3) is 3.54. The van der Waals surface area contributed by atoms with Gasteiger partial charge >= 0.3 is 0 Å². The van der Waals surface area contributed by atoms with Gasteiger partial charge in [0.2, 0.25) is 16.7 Å². The predicted molar refractivity (Wildman–Crippen MR) is 119 cm³/mol. The number of rotatable bonds is 4. The van der Waals surface area contributed by atoms with Crippen LogP contribution in [0.4, 0.5) is 5.69 Å². The molecule has 2 aromatic rings. The van der Waals surface area contributed by atoms with Gasteiger partial charge in [0.15, 0.2) is 5.17 Å². The lowest BCUT2D eigenvalue weighted by Gasteiger charge is -2.29. The van der Waals surface area contributed by atoms with E-state index in [1.165, 1.54) is 13.8 Å². The molecule has 1 spiro atoms. The zero-order valence-electron chi connectivity index (χ0n) is 17.4. The van der Waals surface area contributed by atoms with E-state index in [0.717, 1.165) is 28.1 Å². The number of benzene rings is 2. The quantitative estimate of drug-likeness (QED) is 0.792. The Kier molecular flexibility index (Phi) is 5.45. The lowest BCUT2D eigenvalue weighted by atomic mass is 10.1. The highest BCUT2D eigenvalue weighted by Crippen LogP contribution is 2.54. The number of aryl methyl sites for hydroxylation is 1. The van der Waals surface area contributed by atoms with E-state index in [4.69, 9.17) is 4.74 Å². The monoisotopic (exact) mass is 438 g/mol. The second-order valence-corrected chi connectivity index (χ2v) is 8.43. The van der Waals surface area contributed by atoms with Crippen molar-refractivity contribution in [2.75, 3.05) is 18.1 Å². The molecule has 0 fully saturated rings. The number of carbonyl (C=O) groups is 3. The van der Waals surface area contributed by atoms with Gasteiger partial charge in [0.25, 0.3) is 5.91 Å². The summed E-state index contributed by atoms with van der Waals surface area (Å²) >= 11 is 1.06. The molecule has 3 amide bonds. The number of ether oxygens (including phenoxy) is 1. The minimum absolute atomic E-state index is 0.212. The van der Waals surface area contributed by atoms with Crippen LogP contribution in [0, 0.1) is 6.92 Å². The van der Waals surface area contributed by atoms with Gasteiger partial charge in [-0.15, -0.1) is 5.10 Å². The first-order valence-electron chi connectivity index (χ1n) is 9.80. The minimum atomic E-state index is -1.39. The molecule has 2 aromatic carbocycles. The first-order chi connectivity index (χ1) is 14.8. The fourth-order valence-electron chi connectivity index (χ4n) is 3.75. The van der Waals surface area contributed by atoms with Gasteiger partial charge in [-0.05, 0) is 36.4 Å². The first-order valence-corrected chi connectivity index (χ1v) is 10.6. The van der Waals surface area contributed by atoms with E-state index in [0.29, 0.717) is 17.8 Å². The number of para-hydroxylation sites is 2. The van der Waals surface area contributed by atoms with Crippen LogP contribution in [0.15, 0.2) is 53.6 Å². The molecule has 9 heteroatoms. The molecule has 160 valence electrons. The van der Waals surface area contributed by atoms with Crippen LogP contribution in [0.3, 0.4) is 0 Å². The van der Waals surface area contributed by atoms with Crippen molar-refractivity contribution in [1.82, 2.24) is 10.3 Å². The average Bonchev–Trinajstić information content (AvgIpc) is 3.21. The topological polar surface area (TPSA) is 91.3 Å². The van der Waals surface area contributed by atoms with Crippen LogP contribution in [0.25, 0.3) is 0 Å². The third-order valence-electron chi connectivity index (χ3n) is 5.08. The van der Waals surface area contributed by atoms with Crippen LogP contribution < -0.4 is 15.0 Å². The largest absolute Gasteiger partial charge is 0.491 e. The standard InChI is InChI=1S/C22H22N4O4S/c1-14-8-4-7-11-19(14)30-13-12-25-18-10-6-5-9-17(18)22(20(25)29)26(16(3)28)24-21(31-22)23-15(2)27/h4-11H,12-13H2,1-3H3,(H,23,24,27)/t22-/m0/s1. The van der Waals surface area contributed by atoms with Gasteiger partial charge in [-0.3, -0.25) is 14.4 Å². The zero-order valence-corrected chi connectivity index (χ0v) is 18.2. The zero-order chi connectivity index (χ0) is 22.2. The number of anilines is 1. The van der Waals surface area contributed by atoms with Gasteiger partial charge in [-0.2, -0.15) is 5.01 Å². The average molecular weight is 439 g/mol. The second-order valence-electron chi connectivity index (χ2n) is 7.25. The Hall–Kier alpha value is -3.33. The van der Waals surface area contributed by atoms with Crippen molar-refractivity contribution in [1.29, 1.82) is 0 Å². The van der Waals surface area contributed by atoms with Crippen molar-refractivity contribution < 1.29 is 19.1 Å². The number of hydrazone groups is 1. The molecule has 0 unspecified atom stereocenters. The number of hydrogen-bond acceptors (Lipinski definition) is 6. The molecule has 0 saturated heterocycles. The van der Waals surface area contributed by atoms with Crippen LogP contribution in [-0.4, -0.2) is 41.0 Å². The van der Waals surface area contributed by atoms with Gasteiger partial charge in [0.1, 0.15) is 12.4 Å². The number of nitrogens with zero attached hydrogens (tertiary/aromatic N) is 3. The summed E-state index contributed by atoms with van der Waals surface area (Å²) in [7, 11) is 0. The number of hydrogen-bond donors (Lipinski definition) is 1. The molecule has 0 aromatic heterocycles. The molecule has 31 heavy (non-hydrogen) atoms. The van der Waals surface area contributed by atoms with Crippen molar-refractivity contribution in [3.8, 4) is 5.75 Å². The third-order valence-corrected chi connectivity index (χ3v) is 6.32. The summed E-state index contributed by atoms with van der Waals surface area (Å²) in [5.41, 5.74) is 2.36. The Morgan fingerprint density at radius 3 is 2.55 bits per heavy atom. The summed E-state index contributed by atoms with van der Waals surface area (Å²) in [6.45, 7) is 5.24. The van der Waals surface area contributed by atoms with E-state index in [1.807, 2.05) is 55.5 Å². The second kappa shape index (κ2) is 8.07. The summed E-state index contributed by atoms with van der Waals surface area (Å²) in [4.78, 5) is 37.9. The van der Waals surface area contributed by atoms with Crippen molar-refractivity contribution in [3.63, 3.8) is 0 Å². The molecule has 0 aliphatic carbocycles. The Morgan fingerprint density at radius 1 is 1.13 bits per heavy atom. The highest BCUT2D eigenvalue weighted by Gasteiger charge is 2.61. The van der Waals surface area contributed by atoms with Crippen molar-refractivity contribution in [3.05, 3.63) is 59.7 Å². The number of thioether (sulfide) groups is 1. The Balaban J connectivity index is 1.64. The maximum atomic E-state index is 13.7. The smallest absolute Gasteiger partial charge is 0.270 e. The van der Waals surface area contributed by atoms with Crippen LogP contribution in [0.2, 0.25) is 0 Å². The van der Waals surface area contributed by atoms with E-state index in [1.54, 1.807) is 4.90 Å². The highest BCUT2D eigenvalue weighted by atomic mass is 32.2. The van der Waals surface area contributed by atoms with Crippen molar-refractivity contribution in [2.24, 2.45) is 5.10 Å². The highest BCUT2D eigenvalue weighted by molar-refractivity contribution is 8.15. The number of fused-ring (bicyclic) bond motifs is 2. The molecule has 1 N–H and O–H groups in total. The maximum Gasteiger partial charge on any atom is 0.270 e. The molecule has 2 heterocycles. The molecule has 2 aliphatic rings. The molecule has 2 aliphatic heterocycles. The number of amides is 3. The number of nitrogens with one attached hydrogen (secondary N) is 1. The minimum Gasteiger partial charge on any atom is -0.491 e. The number of carbonyl (C=O) groups excluding carboxylic acids is 3. The van der Waals surface area contributed by atoms with E-state index >= 15 is 0 Å². The Labute approximate surface area is 184 Å². The molecular weight excluding hydrogens is 416 g/mol. The predicted octanol–water partition coefficient (Wildman–Crippen LogP) is 2.58. The fraction of sp³-hybridized carbons (Fsp3) is 0.273. The summed E-state index contributed by atoms with van der Waals surface area (Å²) in [5.74, 6) is -0.261. The van der Waals surface area contributed by atoms with Gasteiger partial charge in [0.05, 0.1) is 12.2 Å². The summed E-state index contributed by atoms with van der Waals surface area (Å²) in [6, 6.07) is 15.0. The summed E-state index contributed by atoms with van der Waals surface area (Å²) in [5, 5.41) is 8.21. The SMILES string of the molecule is CC(=O)NC1=NN(C(C)=O)[C@@]2(S1)C(=O)N(CCOc1ccccc1C)c1ccccc12. The molecule has 8 nitrogen and oxygen atoms in total. The van der Waals surface area contributed by atoms with Gasteiger partial charge < -0.3 is 15.0 Å². The van der Waals surface area contributed by atoms with Crippen molar-refractivity contribution in [2.45, 2.75) is 25.6 Å². The number of amidine groups is 1. The van der Waals surface area contributed by atoms with Crippen LogP contribution in [0.1, 0.15) is 25.0 Å². The maximum absolute atomic E-state index is 13.7. The molecular formula is C22H22N4O4S. The Bertz CT molecular complexity index is 1100.